The van der Waals surface area contributed by atoms with Gasteiger partial charge in [0, 0.05) is 69.3 Å². The molecule has 0 aromatic heterocycles. The molecule has 4 aromatic carbocycles. The Hall–Kier alpha value is -4.47. The molecule has 6 aliphatic rings. The Labute approximate surface area is 342 Å². The standard InChI is InChI=1S/C48H54ClN5O3/c49-22-19-44(35-7-3-1-4-8-35)47(36-9-5-2-6-10-36)37-12-15-43(16-13-37)57-26-25-51-23-20-34(21-24-51)29-54-41-28-42(54)33-52(32-41)40-14-11-38-30-53(31-39(38)27-40)45-17-18-46(55)50-48(45)56/h1-16,27,34,41-42,45H,17-26,28-33H2,(H,50,55,56). The molecule has 10 rings (SSSR count). The summed E-state index contributed by atoms with van der Waals surface area (Å²) in [4.78, 5) is 34.4. The first-order chi connectivity index (χ1) is 28.0. The molecule has 0 aliphatic carbocycles. The van der Waals surface area contributed by atoms with Crippen LogP contribution in [0.15, 0.2) is 103 Å². The van der Waals surface area contributed by atoms with E-state index in [9.17, 15) is 9.59 Å². The van der Waals surface area contributed by atoms with E-state index in [2.05, 4.69) is 128 Å². The highest BCUT2D eigenvalue weighted by Crippen LogP contribution is 2.39. The summed E-state index contributed by atoms with van der Waals surface area (Å²) < 4.78 is 6.30. The minimum Gasteiger partial charge on any atom is -0.492 e. The van der Waals surface area contributed by atoms with E-state index in [0.717, 1.165) is 63.9 Å². The molecule has 6 aliphatic heterocycles. The summed E-state index contributed by atoms with van der Waals surface area (Å²) in [6, 6.07) is 37.8. The van der Waals surface area contributed by atoms with Crippen LogP contribution in [-0.4, -0.2) is 96.4 Å². The second-order valence-corrected chi connectivity index (χ2v) is 17.0. The van der Waals surface area contributed by atoms with Gasteiger partial charge >= 0.3 is 0 Å². The topological polar surface area (TPSA) is 68.4 Å². The Morgan fingerprint density at radius 2 is 1.46 bits per heavy atom. The quantitative estimate of drug-likeness (QED) is 0.0859. The van der Waals surface area contributed by atoms with Gasteiger partial charge in [-0.15, -0.1) is 11.6 Å². The molecule has 296 valence electrons. The van der Waals surface area contributed by atoms with Gasteiger partial charge in [-0.1, -0.05) is 78.9 Å². The smallest absolute Gasteiger partial charge is 0.243 e. The zero-order valence-electron chi connectivity index (χ0n) is 32.8. The average molecular weight is 784 g/mol. The summed E-state index contributed by atoms with van der Waals surface area (Å²) in [6.07, 6.45) is 5.65. The van der Waals surface area contributed by atoms with E-state index in [-0.39, 0.29) is 17.9 Å². The van der Waals surface area contributed by atoms with E-state index in [4.69, 9.17) is 16.3 Å². The van der Waals surface area contributed by atoms with Gasteiger partial charge in [-0.05, 0) is 114 Å². The molecule has 3 unspecified atom stereocenters. The van der Waals surface area contributed by atoms with Crippen LogP contribution in [-0.2, 0) is 22.7 Å². The molecular weight excluding hydrogens is 730 g/mol. The van der Waals surface area contributed by atoms with Crippen LogP contribution in [0.25, 0.3) is 11.1 Å². The Morgan fingerprint density at radius 3 is 2.16 bits per heavy atom. The van der Waals surface area contributed by atoms with Gasteiger partial charge in [0.25, 0.3) is 0 Å². The van der Waals surface area contributed by atoms with Crippen molar-refractivity contribution in [3.05, 3.63) is 131 Å². The number of nitrogens with zero attached hydrogens (tertiary/aromatic N) is 4. The van der Waals surface area contributed by atoms with E-state index < -0.39 is 0 Å². The molecule has 2 amide bonds. The second-order valence-electron chi connectivity index (χ2n) is 16.7. The molecule has 3 atom stereocenters. The zero-order valence-corrected chi connectivity index (χ0v) is 33.6. The highest BCUT2D eigenvalue weighted by Gasteiger charge is 2.45. The lowest BCUT2D eigenvalue weighted by Gasteiger charge is -2.58. The van der Waals surface area contributed by atoms with Gasteiger partial charge in [0.15, 0.2) is 0 Å². The van der Waals surface area contributed by atoms with Gasteiger partial charge in [-0.25, -0.2) is 0 Å². The molecule has 8 nitrogen and oxygen atoms in total. The van der Waals surface area contributed by atoms with Crippen molar-refractivity contribution < 1.29 is 14.3 Å². The number of piperidine rings is 3. The summed E-state index contributed by atoms with van der Waals surface area (Å²) >= 11 is 6.36. The highest BCUT2D eigenvalue weighted by atomic mass is 35.5. The maximum absolute atomic E-state index is 12.5. The number of hydrogen-bond acceptors (Lipinski definition) is 7. The van der Waals surface area contributed by atoms with Crippen LogP contribution in [0.3, 0.4) is 0 Å². The van der Waals surface area contributed by atoms with E-state index in [0.29, 0.717) is 37.4 Å². The maximum Gasteiger partial charge on any atom is 0.243 e. The molecule has 6 heterocycles. The van der Waals surface area contributed by atoms with Crippen molar-refractivity contribution in [1.82, 2.24) is 20.0 Å². The second kappa shape index (κ2) is 17.2. The number of nitrogens with one attached hydrogen (secondary N) is 1. The molecule has 0 saturated carbocycles. The van der Waals surface area contributed by atoms with Gasteiger partial charge in [-0.2, -0.15) is 0 Å². The number of halogens is 1. The van der Waals surface area contributed by atoms with Crippen molar-refractivity contribution in [1.29, 1.82) is 0 Å². The lowest BCUT2D eigenvalue weighted by Crippen LogP contribution is -2.69. The van der Waals surface area contributed by atoms with Gasteiger partial charge in [0.1, 0.15) is 12.4 Å². The normalized spacial score (nSPS) is 23.5. The summed E-state index contributed by atoms with van der Waals surface area (Å²) in [5.41, 5.74) is 9.98. The lowest BCUT2D eigenvalue weighted by molar-refractivity contribution is -0.137. The molecule has 5 saturated heterocycles. The van der Waals surface area contributed by atoms with Crippen LogP contribution in [0.2, 0.25) is 0 Å². The third-order valence-corrected chi connectivity index (χ3v) is 13.3. The number of imide groups is 1. The van der Waals surface area contributed by atoms with E-state index in [1.54, 1.807) is 0 Å². The molecular formula is C48H54ClN5O3. The van der Waals surface area contributed by atoms with Crippen LogP contribution in [0.4, 0.5) is 5.69 Å². The number of rotatable bonds is 13. The number of carbonyl (C=O) groups is 2. The highest BCUT2D eigenvalue weighted by molar-refractivity contribution is 6.18. The van der Waals surface area contributed by atoms with Crippen molar-refractivity contribution in [2.24, 2.45) is 5.92 Å². The molecule has 1 N–H and O–H groups in total. The molecule has 2 bridgehead atoms. The number of allylic oxidation sites excluding steroid dienone is 1. The SMILES string of the molecule is O=C1CCC(N2Cc3ccc(N4CC5CC(C4)N5CC4CCN(CCOc5ccc(C(=C(CCCl)c6ccccc6)c6ccccc6)cc5)CC4)cc3C2)C(=O)N1. The van der Waals surface area contributed by atoms with Crippen molar-refractivity contribution in [3.63, 3.8) is 0 Å². The number of carbonyl (C=O) groups excluding carboxylic acids is 2. The fourth-order valence-corrected chi connectivity index (χ4v) is 10.2. The molecule has 5 fully saturated rings. The summed E-state index contributed by atoms with van der Waals surface area (Å²) in [5.74, 6) is 1.94. The van der Waals surface area contributed by atoms with Crippen LogP contribution in [0, 0.1) is 5.92 Å². The van der Waals surface area contributed by atoms with Crippen molar-refractivity contribution in [3.8, 4) is 5.75 Å². The predicted molar refractivity (Wildman–Crippen MR) is 228 cm³/mol. The van der Waals surface area contributed by atoms with Gasteiger partial charge in [-0.3, -0.25) is 29.6 Å². The number of likely N-dealkylation sites (tertiary alicyclic amines) is 1. The molecule has 57 heavy (non-hydrogen) atoms. The Morgan fingerprint density at radius 1 is 0.772 bits per heavy atom. The lowest BCUT2D eigenvalue weighted by atomic mass is 9.84. The summed E-state index contributed by atoms with van der Waals surface area (Å²) in [7, 11) is 0. The van der Waals surface area contributed by atoms with Crippen molar-refractivity contribution in [2.75, 3.05) is 56.7 Å². The van der Waals surface area contributed by atoms with Gasteiger partial charge in [0.2, 0.25) is 11.8 Å². The molecule has 0 radical (unpaired) electrons. The Kier molecular flexibility index (Phi) is 11.5. The van der Waals surface area contributed by atoms with E-state index in [1.165, 1.54) is 70.5 Å². The van der Waals surface area contributed by atoms with E-state index >= 15 is 0 Å². The monoisotopic (exact) mass is 783 g/mol. The number of anilines is 1. The maximum atomic E-state index is 12.5. The first-order valence-corrected chi connectivity index (χ1v) is 21.6. The zero-order chi connectivity index (χ0) is 38.7. The van der Waals surface area contributed by atoms with Gasteiger partial charge < -0.3 is 9.64 Å². The molecule has 0 spiro atoms. The third kappa shape index (κ3) is 8.42. The number of piperazine rings is 1. The first kappa shape index (κ1) is 38.1. The largest absolute Gasteiger partial charge is 0.492 e. The van der Waals surface area contributed by atoms with Crippen molar-refractivity contribution >= 4 is 40.2 Å². The van der Waals surface area contributed by atoms with Crippen LogP contribution in [0.1, 0.15) is 66.3 Å². The van der Waals surface area contributed by atoms with Gasteiger partial charge in [0.05, 0.1) is 6.04 Å². The van der Waals surface area contributed by atoms with E-state index in [1.807, 2.05) is 0 Å². The minimum absolute atomic E-state index is 0.142. The Balaban J connectivity index is 0.731. The van der Waals surface area contributed by atoms with Crippen LogP contribution in [0.5, 0.6) is 5.75 Å². The fraction of sp³-hybridized carbons (Fsp3) is 0.417. The minimum atomic E-state index is -0.211. The number of alkyl halides is 1. The number of benzene rings is 4. The van der Waals surface area contributed by atoms with Crippen molar-refractivity contribution in [2.45, 2.75) is 69.7 Å². The third-order valence-electron chi connectivity index (χ3n) is 13.1. The summed E-state index contributed by atoms with van der Waals surface area (Å²) in [6.45, 7) is 8.89. The van der Waals surface area contributed by atoms with Crippen LogP contribution < -0.4 is 15.0 Å². The van der Waals surface area contributed by atoms with Crippen LogP contribution >= 0.6 is 11.6 Å². The average Bonchev–Trinajstić information content (AvgIpc) is 3.68. The fourth-order valence-electron chi connectivity index (χ4n) is 10.0. The first-order valence-electron chi connectivity index (χ1n) is 21.0. The molecule has 4 aromatic rings. The number of amides is 2. The summed E-state index contributed by atoms with van der Waals surface area (Å²) in [5, 5.41) is 2.53. The predicted octanol–water partition coefficient (Wildman–Crippen LogP) is 7.45. The Bertz CT molecular complexity index is 2050. The number of fused-ring (bicyclic) bond motifs is 3. The number of ether oxygens (including phenoxy) is 1. The molecule has 9 heteroatoms. The number of hydrogen-bond donors (Lipinski definition) is 1.